The second-order valence-electron chi connectivity index (χ2n) is 6.03. The van der Waals surface area contributed by atoms with Gasteiger partial charge in [0.15, 0.2) is 0 Å². The number of aromatic amines is 1. The first-order chi connectivity index (χ1) is 11.1. The Hall–Kier alpha value is -2.21. The van der Waals surface area contributed by atoms with E-state index < -0.39 is 11.4 Å². The van der Waals surface area contributed by atoms with Crippen molar-refractivity contribution in [2.75, 3.05) is 26.7 Å². The number of halogens is 1. The molecule has 1 amide bonds. The average Bonchev–Trinajstić information content (AvgIpc) is 2.54. The van der Waals surface area contributed by atoms with Crippen molar-refractivity contribution in [1.29, 1.82) is 0 Å². The Morgan fingerprint density at radius 3 is 2.78 bits per heavy atom. The van der Waals surface area contributed by atoms with Gasteiger partial charge in [0.1, 0.15) is 5.82 Å². The molecule has 0 aliphatic carbocycles. The number of fused-ring (bicyclic) bond motifs is 1. The number of carbonyl (C=O) groups is 1. The molecule has 0 unspecified atom stereocenters. The number of carbonyl (C=O) groups excluding carboxylic acids is 1. The maximum atomic E-state index is 13.3. The number of aromatic nitrogens is 1. The van der Waals surface area contributed by atoms with Crippen molar-refractivity contribution in [2.24, 2.45) is 5.92 Å². The summed E-state index contributed by atoms with van der Waals surface area (Å²) in [5.74, 6) is -0.0182. The van der Waals surface area contributed by atoms with Crippen molar-refractivity contribution in [3.63, 3.8) is 0 Å². The Morgan fingerprint density at radius 2 is 2.09 bits per heavy atom. The van der Waals surface area contributed by atoms with Gasteiger partial charge in [0, 0.05) is 24.5 Å². The van der Waals surface area contributed by atoms with E-state index in [0.29, 0.717) is 35.5 Å². The van der Waals surface area contributed by atoms with Crippen LogP contribution in [0.2, 0.25) is 0 Å². The van der Waals surface area contributed by atoms with Gasteiger partial charge in [-0.3, -0.25) is 9.59 Å². The number of H-pyrrole nitrogens is 1. The number of nitrogens with one attached hydrogen (secondary N) is 2. The molecular weight excluding hydrogens is 297 g/mol. The number of hydrogen-bond donors (Lipinski definition) is 2. The number of benzene rings is 1. The van der Waals surface area contributed by atoms with Gasteiger partial charge in [0.25, 0.3) is 5.91 Å². The first-order valence-corrected chi connectivity index (χ1v) is 7.85. The van der Waals surface area contributed by atoms with Crippen LogP contribution >= 0.6 is 0 Å². The summed E-state index contributed by atoms with van der Waals surface area (Å²) >= 11 is 0. The lowest BCUT2D eigenvalue weighted by Crippen LogP contribution is -2.40. The molecule has 0 radical (unpaired) electrons. The van der Waals surface area contributed by atoms with Crippen LogP contribution in [0.5, 0.6) is 0 Å². The molecule has 1 saturated heterocycles. The Labute approximate surface area is 133 Å². The lowest BCUT2D eigenvalue weighted by molar-refractivity contribution is 0.0692. The summed E-state index contributed by atoms with van der Waals surface area (Å²) in [6.45, 7) is 2.32. The van der Waals surface area contributed by atoms with Crippen molar-refractivity contribution < 1.29 is 9.18 Å². The van der Waals surface area contributed by atoms with Crippen LogP contribution in [0.15, 0.2) is 29.1 Å². The molecule has 5 nitrogen and oxygen atoms in total. The highest BCUT2D eigenvalue weighted by molar-refractivity contribution is 6.06. The molecule has 0 bridgehead atoms. The number of hydrogen-bond acceptors (Lipinski definition) is 3. The van der Waals surface area contributed by atoms with Gasteiger partial charge in [0.2, 0.25) is 5.56 Å². The van der Waals surface area contributed by atoms with Gasteiger partial charge >= 0.3 is 0 Å². The van der Waals surface area contributed by atoms with Crippen molar-refractivity contribution in [2.45, 2.75) is 12.8 Å². The van der Waals surface area contributed by atoms with Gasteiger partial charge < -0.3 is 15.2 Å². The van der Waals surface area contributed by atoms with Crippen molar-refractivity contribution >= 4 is 16.8 Å². The molecule has 2 heterocycles. The zero-order valence-electron chi connectivity index (χ0n) is 13.1. The molecule has 3 rings (SSSR count). The largest absolute Gasteiger partial charge is 0.339 e. The van der Waals surface area contributed by atoms with Crippen molar-refractivity contribution in [3.8, 4) is 0 Å². The van der Waals surface area contributed by atoms with Crippen LogP contribution in [-0.2, 0) is 0 Å². The molecule has 6 heteroatoms. The summed E-state index contributed by atoms with van der Waals surface area (Å²) in [5, 5.41) is 3.74. The molecular formula is C17H20FN3O2. The van der Waals surface area contributed by atoms with E-state index in [1.807, 2.05) is 7.05 Å². The molecule has 1 aliphatic rings. The summed E-state index contributed by atoms with van der Waals surface area (Å²) in [7, 11) is 1.93. The third-order valence-electron chi connectivity index (χ3n) is 4.43. The summed E-state index contributed by atoms with van der Waals surface area (Å²) < 4.78 is 13.3. The third-order valence-corrected chi connectivity index (χ3v) is 4.43. The van der Waals surface area contributed by atoms with Gasteiger partial charge in [-0.25, -0.2) is 4.39 Å². The number of nitrogens with zero attached hydrogens (tertiary/aromatic N) is 1. The van der Waals surface area contributed by atoms with Crippen LogP contribution in [0.4, 0.5) is 4.39 Å². The summed E-state index contributed by atoms with van der Waals surface area (Å²) in [6.07, 6.45) is 1.89. The minimum Gasteiger partial charge on any atom is -0.339 e. The Kier molecular flexibility index (Phi) is 4.43. The minimum absolute atomic E-state index is 0.157. The zero-order valence-corrected chi connectivity index (χ0v) is 13.1. The highest BCUT2D eigenvalue weighted by atomic mass is 19.1. The lowest BCUT2D eigenvalue weighted by Gasteiger charge is -2.32. The number of amides is 1. The first kappa shape index (κ1) is 15.7. The SMILES string of the molecule is CNCC1CCN(C(=O)c2cc(=O)[nH]c3cc(F)ccc23)CC1. The minimum atomic E-state index is -0.439. The molecule has 0 saturated carbocycles. The van der Waals surface area contributed by atoms with E-state index in [0.717, 1.165) is 19.4 Å². The van der Waals surface area contributed by atoms with Crippen LogP contribution in [0.25, 0.3) is 10.9 Å². The van der Waals surface area contributed by atoms with Crippen LogP contribution in [-0.4, -0.2) is 42.5 Å². The summed E-state index contributed by atoms with van der Waals surface area (Å²) in [6, 6.07) is 5.40. The maximum Gasteiger partial charge on any atom is 0.254 e. The maximum absolute atomic E-state index is 13.3. The second kappa shape index (κ2) is 6.50. The second-order valence-corrected chi connectivity index (χ2v) is 6.03. The topological polar surface area (TPSA) is 65.2 Å². The fraction of sp³-hybridized carbons (Fsp3) is 0.412. The van der Waals surface area contributed by atoms with Crippen LogP contribution in [0.1, 0.15) is 23.2 Å². The van der Waals surface area contributed by atoms with Gasteiger partial charge in [-0.1, -0.05) is 0 Å². The van der Waals surface area contributed by atoms with Gasteiger partial charge in [-0.2, -0.15) is 0 Å². The summed E-state index contributed by atoms with van der Waals surface area (Å²) in [4.78, 5) is 28.9. The average molecular weight is 317 g/mol. The lowest BCUT2D eigenvalue weighted by atomic mass is 9.96. The normalized spacial score (nSPS) is 16.0. The summed E-state index contributed by atoms with van der Waals surface area (Å²) in [5.41, 5.74) is 0.304. The number of likely N-dealkylation sites (tertiary alicyclic amines) is 1. The van der Waals surface area contributed by atoms with E-state index in [1.54, 1.807) is 11.0 Å². The molecule has 0 spiro atoms. The monoisotopic (exact) mass is 317 g/mol. The Bertz CT molecular complexity index is 779. The van der Waals surface area contributed by atoms with Crippen LogP contribution in [0, 0.1) is 11.7 Å². The predicted molar refractivity (Wildman–Crippen MR) is 87.1 cm³/mol. The molecule has 122 valence electrons. The highest BCUT2D eigenvalue weighted by Gasteiger charge is 2.24. The molecule has 1 aromatic heterocycles. The quantitative estimate of drug-likeness (QED) is 0.906. The van der Waals surface area contributed by atoms with Gasteiger partial charge in [-0.15, -0.1) is 0 Å². The van der Waals surface area contributed by atoms with E-state index >= 15 is 0 Å². The molecule has 1 aromatic carbocycles. The van der Waals surface area contributed by atoms with Gasteiger partial charge in [-0.05, 0) is 50.6 Å². The smallest absolute Gasteiger partial charge is 0.254 e. The van der Waals surface area contributed by atoms with E-state index in [2.05, 4.69) is 10.3 Å². The Morgan fingerprint density at radius 1 is 1.35 bits per heavy atom. The molecule has 1 aliphatic heterocycles. The molecule has 23 heavy (non-hydrogen) atoms. The van der Waals surface area contributed by atoms with Crippen molar-refractivity contribution in [3.05, 3.63) is 46.0 Å². The third kappa shape index (κ3) is 3.27. The predicted octanol–water partition coefficient (Wildman–Crippen LogP) is 1.74. The van der Waals surface area contributed by atoms with Crippen LogP contribution < -0.4 is 10.9 Å². The fourth-order valence-electron chi connectivity index (χ4n) is 3.21. The number of rotatable bonds is 3. The van der Waals surface area contributed by atoms with Crippen molar-refractivity contribution in [1.82, 2.24) is 15.2 Å². The highest BCUT2D eigenvalue weighted by Crippen LogP contribution is 2.22. The van der Waals surface area contributed by atoms with Crippen LogP contribution in [0.3, 0.4) is 0 Å². The number of piperidine rings is 1. The molecule has 2 aromatic rings. The fourth-order valence-corrected chi connectivity index (χ4v) is 3.21. The number of pyridine rings is 1. The Balaban J connectivity index is 1.88. The van der Waals surface area contributed by atoms with E-state index in [1.165, 1.54) is 18.2 Å². The van der Waals surface area contributed by atoms with Gasteiger partial charge in [0.05, 0.1) is 11.1 Å². The van der Waals surface area contributed by atoms with E-state index in [4.69, 9.17) is 0 Å². The van der Waals surface area contributed by atoms with E-state index in [-0.39, 0.29) is 5.91 Å². The molecule has 1 fully saturated rings. The molecule has 2 N–H and O–H groups in total. The molecule has 0 atom stereocenters. The first-order valence-electron chi connectivity index (χ1n) is 7.85. The van der Waals surface area contributed by atoms with E-state index in [9.17, 15) is 14.0 Å². The zero-order chi connectivity index (χ0) is 16.4. The standard InChI is InChI=1S/C17H20FN3O2/c1-19-10-11-4-6-21(7-5-11)17(23)14-9-16(22)20-15-8-12(18)2-3-13(14)15/h2-3,8-9,11,19H,4-7,10H2,1H3,(H,20,22).